The number of hydrogen-bond acceptors (Lipinski definition) is 2. The summed E-state index contributed by atoms with van der Waals surface area (Å²) in [7, 11) is 0. The van der Waals surface area contributed by atoms with E-state index in [2.05, 4.69) is 31.0 Å². The van der Waals surface area contributed by atoms with E-state index in [4.69, 9.17) is 0 Å². The van der Waals surface area contributed by atoms with Crippen LogP contribution in [0.1, 0.15) is 40.0 Å². The zero-order valence-electron chi connectivity index (χ0n) is 9.34. The molecule has 1 fully saturated rings. The van der Waals surface area contributed by atoms with Gasteiger partial charge in [-0.25, -0.2) is 0 Å². The summed E-state index contributed by atoms with van der Waals surface area (Å²) in [5, 5.41) is 3.47. The monoisotopic (exact) mass is 184 g/mol. The molecule has 78 valence electrons. The number of nitrogens with one attached hydrogen (secondary N) is 1. The Balaban J connectivity index is 2.18. The first-order valence-corrected chi connectivity index (χ1v) is 5.71. The first kappa shape index (κ1) is 11.0. The topological polar surface area (TPSA) is 15.3 Å². The van der Waals surface area contributed by atoms with Gasteiger partial charge in [-0.05, 0) is 52.7 Å². The minimum absolute atomic E-state index is 0.667. The predicted octanol–water partition coefficient (Wildman–Crippen LogP) is 1.86. The van der Waals surface area contributed by atoms with Crippen LogP contribution in [0.3, 0.4) is 0 Å². The fraction of sp³-hybridized carbons (Fsp3) is 1.00. The molecule has 13 heavy (non-hydrogen) atoms. The third-order valence-electron chi connectivity index (χ3n) is 3.01. The van der Waals surface area contributed by atoms with Gasteiger partial charge in [-0.3, -0.25) is 0 Å². The van der Waals surface area contributed by atoms with E-state index in [1.165, 1.54) is 32.4 Å². The maximum absolute atomic E-state index is 3.47. The van der Waals surface area contributed by atoms with Crippen molar-refractivity contribution in [3.8, 4) is 0 Å². The predicted molar refractivity (Wildman–Crippen MR) is 58.0 cm³/mol. The maximum Gasteiger partial charge on any atom is 0.00816 e. The van der Waals surface area contributed by atoms with Gasteiger partial charge in [0.05, 0.1) is 0 Å². The van der Waals surface area contributed by atoms with Gasteiger partial charge in [-0.2, -0.15) is 0 Å². The van der Waals surface area contributed by atoms with Crippen LogP contribution >= 0.6 is 0 Å². The second-order valence-corrected chi connectivity index (χ2v) is 4.29. The minimum Gasteiger partial charge on any atom is -0.314 e. The molecule has 1 aliphatic rings. The minimum atomic E-state index is 0.667. The molecule has 2 atom stereocenters. The Labute approximate surface area is 82.7 Å². The molecule has 1 saturated heterocycles. The van der Waals surface area contributed by atoms with Crippen molar-refractivity contribution >= 4 is 0 Å². The number of likely N-dealkylation sites (tertiary alicyclic amines) is 1. The molecule has 0 aromatic carbocycles. The van der Waals surface area contributed by atoms with Gasteiger partial charge in [0, 0.05) is 12.1 Å². The molecule has 0 bridgehead atoms. The van der Waals surface area contributed by atoms with E-state index in [-0.39, 0.29) is 0 Å². The first-order chi connectivity index (χ1) is 6.24. The fourth-order valence-electron chi connectivity index (χ4n) is 2.27. The van der Waals surface area contributed by atoms with Crippen LogP contribution < -0.4 is 5.32 Å². The quantitative estimate of drug-likeness (QED) is 0.701. The third-order valence-corrected chi connectivity index (χ3v) is 3.01. The van der Waals surface area contributed by atoms with Gasteiger partial charge in [0.15, 0.2) is 0 Å². The standard InChI is InChI=1S/C11H24N2/c1-4-12-10(2)9-11(3)13-7-5-6-8-13/h10-12H,4-9H2,1-3H3. The van der Waals surface area contributed by atoms with Gasteiger partial charge in [0.1, 0.15) is 0 Å². The zero-order chi connectivity index (χ0) is 9.68. The molecule has 0 aromatic rings. The van der Waals surface area contributed by atoms with Crippen molar-refractivity contribution in [3.63, 3.8) is 0 Å². The highest BCUT2D eigenvalue weighted by atomic mass is 15.2. The van der Waals surface area contributed by atoms with Crippen LogP contribution in [0, 0.1) is 0 Å². The Bertz CT molecular complexity index is 130. The van der Waals surface area contributed by atoms with E-state index < -0.39 is 0 Å². The lowest BCUT2D eigenvalue weighted by atomic mass is 10.1. The second-order valence-electron chi connectivity index (χ2n) is 4.29. The Hall–Kier alpha value is -0.0800. The molecule has 0 aromatic heterocycles. The highest BCUT2D eigenvalue weighted by Gasteiger charge is 2.19. The summed E-state index contributed by atoms with van der Waals surface area (Å²) in [5.41, 5.74) is 0. The molecule has 0 aliphatic carbocycles. The summed E-state index contributed by atoms with van der Waals surface area (Å²) in [6, 6.07) is 1.43. The van der Waals surface area contributed by atoms with Crippen LogP contribution in [0.4, 0.5) is 0 Å². The summed E-state index contributed by atoms with van der Waals surface area (Å²) in [4.78, 5) is 2.62. The molecule has 2 nitrogen and oxygen atoms in total. The van der Waals surface area contributed by atoms with Crippen LogP contribution in [0.15, 0.2) is 0 Å². The lowest BCUT2D eigenvalue weighted by Gasteiger charge is -2.26. The smallest absolute Gasteiger partial charge is 0.00816 e. The van der Waals surface area contributed by atoms with Crippen molar-refractivity contribution < 1.29 is 0 Å². The van der Waals surface area contributed by atoms with Gasteiger partial charge in [0.2, 0.25) is 0 Å². The van der Waals surface area contributed by atoms with Crippen molar-refractivity contribution in [1.29, 1.82) is 0 Å². The van der Waals surface area contributed by atoms with Gasteiger partial charge >= 0.3 is 0 Å². The molecule has 2 unspecified atom stereocenters. The molecule has 0 radical (unpaired) electrons. The molecule has 1 rings (SSSR count). The van der Waals surface area contributed by atoms with Crippen LogP contribution in [0.5, 0.6) is 0 Å². The third kappa shape index (κ3) is 3.65. The van der Waals surface area contributed by atoms with Gasteiger partial charge < -0.3 is 10.2 Å². The van der Waals surface area contributed by atoms with E-state index in [9.17, 15) is 0 Å². The molecule has 2 heteroatoms. The van der Waals surface area contributed by atoms with Crippen LogP contribution in [0.2, 0.25) is 0 Å². The van der Waals surface area contributed by atoms with E-state index >= 15 is 0 Å². The lowest BCUT2D eigenvalue weighted by molar-refractivity contribution is 0.231. The molecular weight excluding hydrogens is 160 g/mol. The molecular formula is C11H24N2. The van der Waals surface area contributed by atoms with Crippen molar-refractivity contribution in [3.05, 3.63) is 0 Å². The Kier molecular flexibility index (Phi) is 4.74. The fourth-order valence-corrected chi connectivity index (χ4v) is 2.27. The van der Waals surface area contributed by atoms with Gasteiger partial charge in [-0.15, -0.1) is 0 Å². The Morgan fingerprint density at radius 2 is 1.85 bits per heavy atom. The SMILES string of the molecule is CCNC(C)CC(C)N1CCCC1. The first-order valence-electron chi connectivity index (χ1n) is 5.71. The number of nitrogens with zero attached hydrogens (tertiary/aromatic N) is 1. The van der Waals surface area contributed by atoms with Crippen molar-refractivity contribution in [2.24, 2.45) is 0 Å². The molecule has 0 spiro atoms. The summed E-state index contributed by atoms with van der Waals surface area (Å²) >= 11 is 0. The molecule has 1 N–H and O–H groups in total. The average Bonchev–Trinajstić information content (AvgIpc) is 2.55. The molecule has 1 aliphatic heterocycles. The zero-order valence-corrected chi connectivity index (χ0v) is 9.34. The second kappa shape index (κ2) is 5.61. The van der Waals surface area contributed by atoms with Crippen molar-refractivity contribution in [2.45, 2.75) is 52.1 Å². The highest BCUT2D eigenvalue weighted by Crippen LogP contribution is 2.14. The van der Waals surface area contributed by atoms with Gasteiger partial charge in [-0.1, -0.05) is 6.92 Å². The maximum atomic E-state index is 3.47. The van der Waals surface area contributed by atoms with E-state index in [0.29, 0.717) is 6.04 Å². The number of rotatable bonds is 5. The average molecular weight is 184 g/mol. The normalized spacial score (nSPS) is 23.3. The highest BCUT2D eigenvalue weighted by molar-refractivity contribution is 4.76. The van der Waals surface area contributed by atoms with Gasteiger partial charge in [0.25, 0.3) is 0 Å². The van der Waals surface area contributed by atoms with Crippen LogP contribution in [-0.2, 0) is 0 Å². The van der Waals surface area contributed by atoms with Crippen molar-refractivity contribution in [1.82, 2.24) is 10.2 Å². The summed E-state index contributed by atoms with van der Waals surface area (Å²) in [5.74, 6) is 0. The summed E-state index contributed by atoms with van der Waals surface area (Å²) in [6.07, 6.45) is 4.09. The van der Waals surface area contributed by atoms with Crippen LogP contribution in [0.25, 0.3) is 0 Å². The van der Waals surface area contributed by atoms with Crippen LogP contribution in [-0.4, -0.2) is 36.6 Å². The summed E-state index contributed by atoms with van der Waals surface area (Å²) in [6.45, 7) is 10.6. The Morgan fingerprint density at radius 3 is 2.38 bits per heavy atom. The molecule has 0 saturated carbocycles. The largest absolute Gasteiger partial charge is 0.314 e. The molecule has 1 heterocycles. The van der Waals surface area contributed by atoms with E-state index in [0.717, 1.165) is 12.6 Å². The van der Waals surface area contributed by atoms with E-state index in [1.807, 2.05) is 0 Å². The van der Waals surface area contributed by atoms with Crippen molar-refractivity contribution in [2.75, 3.05) is 19.6 Å². The lowest BCUT2D eigenvalue weighted by Crippen LogP contribution is -2.37. The Morgan fingerprint density at radius 1 is 1.23 bits per heavy atom. The number of hydrogen-bond donors (Lipinski definition) is 1. The molecule has 0 amide bonds. The summed E-state index contributed by atoms with van der Waals surface area (Å²) < 4.78 is 0. The van der Waals surface area contributed by atoms with E-state index in [1.54, 1.807) is 0 Å².